The molecular formula is C15H10Cl2F4. The van der Waals surface area contributed by atoms with Crippen molar-refractivity contribution >= 4 is 23.2 Å². The molecule has 0 aliphatic rings. The van der Waals surface area contributed by atoms with Crippen LogP contribution in [0.3, 0.4) is 0 Å². The van der Waals surface area contributed by atoms with Gasteiger partial charge in [0.1, 0.15) is 33.3 Å². The van der Waals surface area contributed by atoms with E-state index in [0.717, 1.165) is 24.3 Å². The van der Waals surface area contributed by atoms with Gasteiger partial charge in [0, 0.05) is 5.41 Å². The Labute approximate surface area is 129 Å². The van der Waals surface area contributed by atoms with Crippen molar-refractivity contribution in [3.63, 3.8) is 0 Å². The first-order valence-electron chi connectivity index (χ1n) is 5.94. The summed E-state index contributed by atoms with van der Waals surface area (Å²) in [5, 5.41) is -1.24. The normalized spacial score (nSPS) is 11.8. The van der Waals surface area contributed by atoms with E-state index in [9.17, 15) is 17.6 Å². The maximum absolute atomic E-state index is 13.6. The topological polar surface area (TPSA) is 0 Å². The van der Waals surface area contributed by atoms with Gasteiger partial charge in [0.25, 0.3) is 0 Å². The summed E-state index contributed by atoms with van der Waals surface area (Å²) in [4.78, 5) is 0. The molecule has 0 fully saturated rings. The lowest BCUT2D eigenvalue weighted by Crippen LogP contribution is -2.20. The fourth-order valence-corrected chi connectivity index (χ4v) is 2.22. The molecule has 2 aromatic rings. The molecule has 0 aromatic heterocycles. The second-order valence-corrected chi connectivity index (χ2v) is 5.89. The highest BCUT2D eigenvalue weighted by Gasteiger charge is 2.27. The number of halogens is 6. The van der Waals surface area contributed by atoms with Gasteiger partial charge in [-0.2, -0.15) is 0 Å². The van der Waals surface area contributed by atoms with Crippen LogP contribution in [0, 0.1) is 23.3 Å². The lowest BCUT2D eigenvalue weighted by atomic mass is 9.78. The minimum Gasteiger partial charge on any atom is -0.205 e. The molecule has 0 bridgehead atoms. The largest absolute Gasteiger partial charge is 0.205 e. The fraction of sp³-hybridized carbons (Fsp3) is 0.200. The van der Waals surface area contributed by atoms with Gasteiger partial charge >= 0.3 is 0 Å². The van der Waals surface area contributed by atoms with Crippen molar-refractivity contribution in [2.45, 2.75) is 19.3 Å². The Morgan fingerprint density at radius 3 is 1.14 bits per heavy atom. The van der Waals surface area contributed by atoms with Crippen molar-refractivity contribution in [1.82, 2.24) is 0 Å². The first kappa shape index (κ1) is 16.1. The molecule has 0 atom stereocenters. The first-order chi connectivity index (χ1) is 9.64. The minimum absolute atomic E-state index is 0.197. The Bertz CT molecular complexity index is 605. The molecule has 2 aromatic carbocycles. The SMILES string of the molecule is CC(C)(c1cc(F)c(Cl)c(F)c1)c1cc(F)c(Cl)c(F)c1. The highest BCUT2D eigenvalue weighted by atomic mass is 35.5. The highest BCUT2D eigenvalue weighted by Crippen LogP contribution is 2.36. The number of hydrogen-bond acceptors (Lipinski definition) is 0. The van der Waals surface area contributed by atoms with Crippen LogP contribution in [0.2, 0.25) is 10.0 Å². The van der Waals surface area contributed by atoms with Crippen LogP contribution in [0.15, 0.2) is 24.3 Å². The Hall–Kier alpha value is -1.26. The summed E-state index contributed by atoms with van der Waals surface area (Å²) in [5.41, 5.74) is -0.649. The van der Waals surface area contributed by atoms with Crippen molar-refractivity contribution in [3.05, 3.63) is 68.7 Å². The van der Waals surface area contributed by atoms with Gasteiger partial charge in [-0.05, 0) is 35.4 Å². The van der Waals surface area contributed by atoms with E-state index in [4.69, 9.17) is 23.2 Å². The van der Waals surface area contributed by atoms with E-state index in [1.807, 2.05) is 0 Å². The van der Waals surface area contributed by atoms with E-state index in [1.165, 1.54) is 0 Å². The molecule has 2 rings (SSSR count). The molecule has 0 saturated carbocycles. The van der Waals surface area contributed by atoms with E-state index < -0.39 is 38.7 Å². The predicted molar refractivity (Wildman–Crippen MR) is 74.9 cm³/mol. The third kappa shape index (κ3) is 2.87. The van der Waals surface area contributed by atoms with Crippen molar-refractivity contribution in [3.8, 4) is 0 Å². The molecule has 0 saturated heterocycles. The highest BCUT2D eigenvalue weighted by molar-refractivity contribution is 6.31. The van der Waals surface area contributed by atoms with Crippen LogP contribution >= 0.6 is 23.2 Å². The van der Waals surface area contributed by atoms with Crippen LogP contribution in [0.25, 0.3) is 0 Å². The maximum atomic E-state index is 13.6. The summed E-state index contributed by atoms with van der Waals surface area (Å²) in [6, 6.07) is 4.15. The van der Waals surface area contributed by atoms with Gasteiger partial charge in [-0.1, -0.05) is 37.0 Å². The van der Waals surface area contributed by atoms with Gasteiger partial charge in [-0.3, -0.25) is 0 Å². The van der Waals surface area contributed by atoms with Crippen molar-refractivity contribution in [2.75, 3.05) is 0 Å². The van der Waals surface area contributed by atoms with Crippen molar-refractivity contribution < 1.29 is 17.6 Å². The van der Waals surface area contributed by atoms with E-state index in [0.29, 0.717) is 0 Å². The Kier molecular flexibility index (Phi) is 4.22. The van der Waals surface area contributed by atoms with Crippen LogP contribution < -0.4 is 0 Å². The summed E-state index contributed by atoms with van der Waals surface area (Å²) in [7, 11) is 0. The lowest BCUT2D eigenvalue weighted by molar-refractivity contribution is 0.547. The van der Waals surface area contributed by atoms with Crippen LogP contribution in [-0.2, 0) is 5.41 Å². The molecular weight excluding hydrogens is 327 g/mol. The Balaban J connectivity index is 2.61. The third-order valence-corrected chi connectivity index (χ3v) is 4.13. The molecule has 0 radical (unpaired) electrons. The van der Waals surface area contributed by atoms with Gasteiger partial charge in [0.2, 0.25) is 0 Å². The summed E-state index contributed by atoms with van der Waals surface area (Å²) in [5.74, 6) is -3.74. The van der Waals surface area contributed by atoms with E-state index in [-0.39, 0.29) is 11.1 Å². The van der Waals surface area contributed by atoms with Gasteiger partial charge in [-0.25, -0.2) is 17.6 Å². The monoisotopic (exact) mass is 336 g/mol. The standard InChI is InChI=1S/C15H10Cl2F4/c1-15(2,7-3-9(18)13(16)10(19)4-7)8-5-11(20)14(17)12(21)6-8/h3-6H,1-2H3. The average molecular weight is 337 g/mol. The molecule has 0 unspecified atom stereocenters. The summed E-state index contributed by atoms with van der Waals surface area (Å²) < 4.78 is 54.3. The average Bonchev–Trinajstić information content (AvgIpc) is 2.40. The van der Waals surface area contributed by atoms with Crippen LogP contribution in [0.5, 0.6) is 0 Å². The molecule has 112 valence electrons. The second kappa shape index (κ2) is 5.50. The van der Waals surface area contributed by atoms with Gasteiger partial charge in [0.15, 0.2) is 0 Å². The van der Waals surface area contributed by atoms with Crippen LogP contribution in [0.4, 0.5) is 17.6 Å². The molecule has 0 aliphatic carbocycles. The van der Waals surface area contributed by atoms with Crippen molar-refractivity contribution in [1.29, 1.82) is 0 Å². The third-order valence-electron chi connectivity index (χ3n) is 3.41. The molecule has 0 nitrogen and oxygen atoms in total. The molecule has 0 aliphatic heterocycles. The zero-order chi connectivity index (χ0) is 15.9. The summed E-state index contributed by atoms with van der Waals surface area (Å²) in [6.07, 6.45) is 0. The summed E-state index contributed by atoms with van der Waals surface area (Å²) >= 11 is 10.9. The zero-order valence-corrected chi connectivity index (χ0v) is 12.6. The molecule has 21 heavy (non-hydrogen) atoms. The van der Waals surface area contributed by atoms with Crippen molar-refractivity contribution in [2.24, 2.45) is 0 Å². The minimum atomic E-state index is -1.04. The molecule has 0 spiro atoms. The van der Waals surface area contributed by atoms with Gasteiger partial charge in [-0.15, -0.1) is 0 Å². The second-order valence-electron chi connectivity index (χ2n) is 5.13. The number of rotatable bonds is 2. The van der Waals surface area contributed by atoms with Gasteiger partial charge in [0.05, 0.1) is 0 Å². The maximum Gasteiger partial charge on any atom is 0.145 e. The van der Waals surface area contributed by atoms with E-state index >= 15 is 0 Å². The first-order valence-corrected chi connectivity index (χ1v) is 6.70. The van der Waals surface area contributed by atoms with Crippen LogP contribution in [0.1, 0.15) is 25.0 Å². The zero-order valence-electron chi connectivity index (χ0n) is 11.1. The van der Waals surface area contributed by atoms with Crippen LogP contribution in [-0.4, -0.2) is 0 Å². The Morgan fingerprint density at radius 2 is 0.905 bits per heavy atom. The molecule has 6 heteroatoms. The fourth-order valence-electron chi connectivity index (χ4n) is 2.00. The number of hydrogen-bond donors (Lipinski definition) is 0. The lowest BCUT2D eigenvalue weighted by Gasteiger charge is -2.26. The Morgan fingerprint density at radius 1 is 0.667 bits per heavy atom. The molecule has 0 N–H and O–H groups in total. The smallest absolute Gasteiger partial charge is 0.145 e. The van der Waals surface area contributed by atoms with E-state index in [2.05, 4.69) is 0 Å². The number of benzene rings is 2. The van der Waals surface area contributed by atoms with E-state index in [1.54, 1.807) is 13.8 Å². The molecule has 0 amide bonds. The van der Waals surface area contributed by atoms with Gasteiger partial charge < -0.3 is 0 Å². The predicted octanol–water partition coefficient (Wildman–Crippen LogP) is 5.88. The quantitative estimate of drug-likeness (QED) is 0.474. The summed E-state index contributed by atoms with van der Waals surface area (Å²) in [6.45, 7) is 3.16. The molecule has 0 heterocycles.